The summed E-state index contributed by atoms with van der Waals surface area (Å²) < 4.78 is 33.5. The van der Waals surface area contributed by atoms with Crippen LogP contribution in [0.1, 0.15) is 36.8 Å². The van der Waals surface area contributed by atoms with Gasteiger partial charge in [0.25, 0.3) is 0 Å². The summed E-state index contributed by atoms with van der Waals surface area (Å²) in [6.45, 7) is 0.407. The predicted molar refractivity (Wildman–Crippen MR) is 112 cm³/mol. The minimum Gasteiger partial charge on any atom is -0.495 e. The molecular weight excluding hydrogens is 412 g/mol. The molecule has 1 amide bonds. The molecular formula is C21H25ClN2O4S. The van der Waals surface area contributed by atoms with E-state index in [4.69, 9.17) is 16.3 Å². The monoisotopic (exact) mass is 436 g/mol. The van der Waals surface area contributed by atoms with Crippen molar-refractivity contribution in [2.24, 2.45) is 5.92 Å². The van der Waals surface area contributed by atoms with Crippen LogP contribution < -0.4 is 14.8 Å². The molecule has 0 atom stereocenters. The van der Waals surface area contributed by atoms with Crippen molar-refractivity contribution < 1.29 is 17.9 Å². The number of hydrogen-bond acceptors (Lipinski definition) is 4. The van der Waals surface area contributed by atoms with Crippen molar-refractivity contribution in [2.75, 3.05) is 7.11 Å². The third-order valence-electron chi connectivity index (χ3n) is 5.09. The van der Waals surface area contributed by atoms with Gasteiger partial charge in [0.05, 0.1) is 7.11 Å². The standard InChI is InChI=1S/C21H25ClN2O4S/c1-28-19-11-8-16(13-23-21(25)17-4-2-3-5-17)12-20(19)29(26,27)24-14-15-6-9-18(22)10-7-15/h6-12,17,24H,2-5,13-14H2,1H3,(H,23,25). The Morgan fingerprint density at radius 2 is 1.72 bits per heavy atom. The fourth-order valence-electron chi connectivity index (χ4n) is 3.42. The van der Waals surface area contributed by atoms with Gasteiger partial charge in [-0.15, -0.1) is 0 Å². The number of methoxy groups -OCH3 is 1. The van der Waals surface area contributed by atoms with Crippen molar-refractivity contribution >= 4 is 27.5 Å². The quantitative estimate of drug-likeness (QED) is 0.661. The molecule has 29 heavy (non-hydrogen) atoms. The molecule has 1 aliphatic carbocycles. The van der Waals surface area contributed by atoms with Crippen LogP contribution in [0.2, 0.25) is 5.02 Å². The summed E-state index contributed by atoms with van der Waals surface area (Å²) in [5.41, 5.74) is 1.49. The lowest BCUT2D eigenvalue weighted by Crippen LogP contribution is -2.29. The van der Waals surface area contributed by atoms with Gasteiger partial charge in [0, 0.05) is 24.0 Å². The highest BCUT2D eigenvalue weighted by Crippen LogP contribution is 2.26. The molecule has 0 heterocycles. The lowest BCUT2D eigenvalue weighted by atomic mass is 10.1. The summed E-state index contributed by atoms with van der Waals surface area (Å²) >= 11 is 5.86. The number of benzene rings is 2. The summed E-state index contributed by atoms with van der Waals surface area (Å²) in [7, 11) is -2.38. The minimum absolute atomic E-state index is 0.0311. The number of carbonyl (C=O) groups excluding carboxylic acids is 1. The van der Waals surface area contributed by atoms with Gasteiger partial charge in [-0.2, -0.15) is 0 Å². The van der Waals surface area contributed by atoms with E-state index < -0.39 is 10.0 Å². The lowest BCUT2D eigenvalue weighted by Gasteiger charge is -2.14. The van der Waals surface area contributed by atoms with E-state index in [1.807, 2.05) is 0 Å². The van der Waals surface area contributed by atoms with Gasteiger partial charge in [0.1, 0.15) is 10.6 Å². The van der Waals surface area contributed by atoms with Crippen LogP contribution in [0, 0.1) is 5.92 Å². The van der Waals surface area contributed by atoms with Gasteiger partial charge in [-0.25, -0.2) is 13.1 Å². The molecule has 156 valence electrons. The van der Waals surface area contributed by atoms with Crippen molar-refractivity contribution in [3.05, 3.63) is 58.6 Å². The number of amides is 1. The molecule has 0 aliphatic heterocycles. The number of hydrogen-bond donors (Lipinski definition) is 2. The molecule has 0 saturated heterocycles. The van der Waals surface area contributed by atoms with Crippen molar-refractivity contribution in [3.8, 4) is 5.75 Å². The molecule has 0 spiro atoms. The molecule has 1 saturated carbocycles. The second-order valence-electron chi connectivity index (χ2n) is 7.14. The van der Waals surface area contributed by atoms with Crippen LogP contribution in [0.15, 0.2) is 47.4 Å². The van der Waals surface area contributed by atoms with Crippen LogP contribution in [0.3, 0.4) is 0 Å². The van der Waals surface area contributed by atoms with Crippen LogP contribution in [-0.2, 0) is 27.9 Å². The second kappa shape index (κ2) is 9.61. The number of halogens is 1. The minimum atomic E-state index is -3.81. The van der Waals surface area contributed by atoms with E-state index in [1.165, 1.54) is 13.2 Å². The van der Waals surface area contributed by atoms with Crippen molar-refractivity contribution in [3.63, 3.8) is 0 Å². The summed E-state index contributed by atoms with van der Waals surface area (Å²) in [6.07, 6.45) is 4.01. The Hall–Kier alpha value is -2.09. The molecule has 1 fully saturated rings. The Labute approximate surface area is 176 Å². The molecule has 2 N–H and O–H groups in total. The molecule has 3 rings (SSSR count). The van der Waals surface area contributed by atoms with Crippen molar-refractivity contribution in [1.82, 2.24) is 10.0 Å². The highest BCUT2D eigenvalue weighted by Gasteiger charge is 2.23. The van der Waals surface area contributed by atoms with E-state index in [0.717, 1.165) is 31.2 Å². The number of carbonyl (C=O) groups is 1. The van der Waals surface area contributed by atoms with E-state index in [9.17, 15) is 13.2 Å². The van der Waals surface area contributed by atoms with Crippen LogP contribution in [-0.4, -0.2) is 21.4 Å². The van der Waals surface area contributed by atoms with E-state index in [2.05, 4.69) is 10.0 Å². The summed E-state index contributed by atoms with van der Waals surface area (Å²) in [6, 6.07) is 11.8. The smallest absolute Gasteiger partial charge is 0.244 e. The fraction of sp³-hybridized carbons (Fsp3) is 0.381. The van der Waals surface area contributed by atoms with Gasteiger partial charge >= 0.3 is 0 Å². The predicted octanol–water partition coefficient (Wildman–Crippen LogP) is 3.63. The average Bonchev–Trinajstić information content (AvgIpc) is 3.26. The molecule has 2 aromatic rings. The molecule has 0 radical (unpaired) electrons. The number of rotatable bonds is 8. The highest BCUT2D eigenvalue weighted by atomic mass is 35.5. The first-order valence-corrected chi connectivity index (χ1v) is 11.4. The van der Waals surface area contributed by atoms with Crippen LogP contribution in [0.25, 0.3) is 0 Å². The van der Waals surface area contributed by atoms with E-state index in [0.29, 0.717) is 10.6 Å². The third kappa shape index (κ3) is 5.72. The normalized spacial score (nSPS) is 14.7. The van der Waals surface area contributed by atoms with Crippen LogP contribution in [0.4, 0.5) is 0 Å². The molecule has 0 aromatic heterocycles. The van der Waals surface area contributed by atoms with Gasteiger partial charge in [-0.05, 0) is 48.2 Å². The van der Waals surface area contributed by atoms with Crippen LogP contribution >= 0.6 is 11.6 Å². The first kappa shape index (κ1) is 21.6. The maximum Gasteiger partial charge on any atom is 0.244 e. The summed E-state index contributed by atoms with van der Waals surface area (Å²) in [5, 5.41) is 3.50. The van der Waals surface area contributed by atoms with Gasteiger partial charge in [-0.1, -0.05) is 42.6 Å². The van der Waals surface area contributed by atoms with Crippen molar-refractivity contribution in [1.29, 1.82) is 0 Å². The Morgan fingerprint density at radius 1 is 1.07 bits per heavy atom. The van der Waals surface area contributed by atoms with E-state index >= 15 is 0 Å². The molecule has 0 bridgehead atoms. The number of sulfonamides is 1. The molecule has 1 aliphatic rings. The van der Waals surface area contributed by atoms with Gasteiger partial charge in [-0.3, -0.25) is 4.79 Å². The van der Waals surface area contributed by atoms with Crippen molar-refractivity contribution in [2.45, 2.75) is 43.7 Å². The number of nitrogens with one attached hydrogen (secondary N) is 2. The maximum atomic E-state index is 12.8. The van der Waals surface area contributed by atoms with Gasteiger partial charge < -0.3 is 10.1 Å². The Bertz CT molecular complexity index is 955. The Balaban J connectivity index is 1.71. The van der Waals surface area contributed by atoms with Gasteiger partial charge in [0.2, 0.25) is 15.9 Å². The highest BCUT2D eigenvalue weighted by molar-refractivity contribution is 7.89. The zero-order chi connectivity index (χ0) is 20.9. The molecule has 6 nitrogen and oxygen atoms in total. The zero-order valence-electron chi connectivity index (χ0n) is 16.3. The number of ether oxygens (including phenoxy) is 1. The Kier molecular flexibility index (Phi) is 7.16. The third-order valence-corrected chi connectivity index (χ3v) is 6.76. The zero-order valence-corrected chi connectivity index (χ0v) is 17.9. The molecule has 2 aromatic carbocycles. The van der Waals surface area contributed by atoms with E-state index in [-0.39, 0.29) is 35.6 Å². The first-order chi connectivity index (χ1) is 13.9. The molecule has 0 unspecified atom stereocenters. The lowest BCUT2D eigenvalue weighted by molar-refractivity contribution is -0.124. The second-order valence-corrected chi connectivity index (χ2v) is 9.31. The largest absolute Gasteiger partial charge is 0.495 e. The summed E-state index contributed by atoms with van der Waals surface area (Å²) in [5.74, 6) is 0.348. The van der Waals surface area contributed by atoms with Gasteiger partial charge in [0.15, 0.2) is 0 Å². The SMILES string of the molecule is COc1ccc(CNC(=O)C2CCCC2)cc1S(=O)(=O)NCc1ccc(Cl)cc1. The van der Waals surface area contributed by atoms with E-state index in [1.54, 1.807) is 36.4 Å². The topological polar surface area (TPSA) is 84.5 Å². The average molecular weight is 437 g/mol. The molecule has 8 heteroatoms. The summed E-state index contributed by atoms with van der Waals surface area (Å²) in [4.78, 5) is 12.3. The maximum absolute atomic E-state index is 12.8. The van der Waals surface area contributed by atoms with Crippen LogP contribution in [0.5, 0.6) is 5.75 Å². The fourth-order valence-corrected chi connectivity index (χ4v) is 4.78. The first-order valence-electron chi connectivity index (χ1n) is 9.58. The Morgan fingerprint density at radius 3 is 2.38 bits per heavy atom.